The number of hydrogen-bond donors (Lipinski definition) is 1. The molecule has 0 radical (unpaired) electrons. The lowest BCUT2D eigenvalue weighted by molar-refractivity contribution is -0.124. The van der Waals surface area contributed by atoms with E-state index in [2.05, 4.69) is 5.32 Å². The first kappa shape index (κ1) is 17.2. The molecule has 2 aliphatic heterocycles. The van der Waals surface area contributed by atoms with Crippen LogP contribution in [0.15, 0.2) is 47.2 Å². The van der Waals surface area contributed by atoms with Gasteiger partial charge in [0.25, 0.3) is 5.91 Å². The number of carbonyl (C=O) groups is 2. The fourth-order valence-corrected chi connectivity index (χ4v) is 4.72. The zero-order valence-electron chi connectivity index (χ0n) is 14.5. The van der Waals surface area contributed by atoms with Crippen molar-refractivity contribution in [3.05, 3.63) is 52.7 Å². The molecule has 6 heteroatoms. The SMILES string of the molecule is O=C(Nc1ccccc1)[C@@H]1CN(C(=O)c2ccsc2)CC12CCOCC2. The van der Waals surface area contributed by atoms with Crippen LogP contribution in [0.5, 0.6) is 0 Å². The van der Waals surface area contributed by atoms with Gasteiger partial charge in [-0.2, -0.15) is 11.3 Å². The van der Waals surface area contributed by atoms with Gasteiger partial charge in [-0.05, 0) is 36.4 Å². The van der Waals surface area contributed by atoms with Crippen LogP contribution in [0.3, 0.4) is 0 Å². The molecule has 26 heavy (non-hydrogen) atoms. The molecule has 1 aromatic carbocycles. The van der Waals surface area contributed by atoms with Crippen molar-refractivity contribution in [2.45, 2.75) is 12.8 Å². The summed E-state index contributed by atoms with van der Waals surface area (Å²) in [6.07, 6.45) is 1.63. The molecule has 0 bridgehead atoms. The van der Waals surface area contributed by atoms with Crippen molar-refractivity contribution in [3.8, 4) is 0 Å². The van der Waals surface area contributed by atoms with Crippen molar-refractivity contribution in [2.24, 2.45) is 11.3 Å². The van der Waals surface area contributed by atoms with E-state index in [0.29, 0.717) is 31.9 Å². The average molecular weight is 370 g/mol. The third kappa shape index (κ3) is 3.27. The summed E-state index contributed by atoms with van der Waals surface area (Å²) in [4.78, 5) is 27.7. The molecule has 5 nitrogen and oxygen atoms in total. The van der Waals surface area contributed by atoms with Gasteiger partial charge in [-0.3, -0.25) is 9.59 Å². The monoisotopic (exact) mass is 370 g/mol. The third-order valence-electron chi connectivity index (χ3n) is 5.55. The molecule has 2 aromatic rings. The predicted molar refractivity (Wildman–Crippen MR) is 101 cm³/mol. The van der Waals surface area contributed by atoms with Crippen LogP contribution in [-0.4, -0.2) is 43.0 Å². The standard InChI is InChI=1S/C20H22N2O3S/c23-18(21-16-4-2-1-3-5-16)17-12-22(19(24)15-6-11-26-13-15)14-20(17)7-9-25-10-8-20/h1-6,11,13,17H,7-10,12,14H2,(H,21,23)/t17-/m0/s1. The van der Waals surface area contributed by atoms with Crippen molar-refractivity contribution >= 4 is 28.8 Å². The maximum absolute atomic E-state index is 13.1. The highest BCUT2D eigenvalue weighted by Crippen LogP contribution is 2.45. The largest absolute Gasteiger partial charge is 0.381 e. The highest BCUT2D eigenvalue weighted by Gasteiger charge is 2.51. The lowest BCUT2D eigenvalue weighted by atomic mass is 9.71. The molecule has 0 unspecified atom stereocenters. The maximum atomic E-state index is 13.1. The van der Waals surface area contributed by atoms with Crippen LogP contribution in [0.1, 0.15) is 23.2 Å². The minimum atomic E-state index is -0.214. The minimum absolute atomic E-state index is 0.00119. The van der Waals surface area contributed by atoms with Gasteiger partial charge in [0, 0.05) is 42.8 Å². The Morgan fingerprint density at radius 3 is 2.62 bits per heavy atom. The number of benzene rings is 1. The number of amides is 2. The second-order valence-corrected chi connectivity index (χ2v) is 7.86. The van der Waals surface area contributed by atoms with Crippen LogP contribution in [0.25, 0.3) is 0 Å². The summed E-state index contributed by atoms with van der Waals surface area (Å²) in [5.74, 6) is -0.194. The summed E-state index contributed by atoms with van der Waals surface area (Å²) >= 11 is 1.52. The first-order valence-corrected chi connectivity index (χ1v) is 9.87. The summed E-state index contributed by atoms with van der Waals surface area (Å²) in [5, 5.41) is 6.82. The third-order valence-corrected chi connectivity index (χ3v) is 6.23. The zero-order chi connectivity index (χ0) is 18.0. The van der Waals surface area contributed by atoms with Crippen molar-refractivity contribution in [2.75, 3.05) is 31.6 Å². The Balaban J connectivity index is 1.56. The molecule has 2 aliphatic rings. The van der Waals surface area contributed by atoms with Gasteiger partial charge >= 0.3 is 0 Å². The van der Waals surface area contributed by atoms with E-state index in [-0.39, 0.29) is 23.1 Å². The second kappa shape index (κ2) is 7.21. The smallest absolute Gasteiger partial charge is 0.254 e. The topological polar surface area (TPSA) is 58.6 Å². The van der Waals surface area contributed by atoms with Crippen LogP contribution in [0.2, 0.25) is 0 Å². The molecule has 3 heterocycles. The van der Waals surface area contributed by atoms with Crippen LogP contribution in [0.4, 0.5) is 5.69 Å². The Bertz CT molecular complexity index is 770. The zero-order valence-corrected chi connectivity index (χ0v) is 15.3. The van der Waals surface area contributed by atoms with Crippen molar-refractivity contribution in [3.63, 3.8) is 0 Å². The summed E-state index contributed by atoms with van der Waals surface area (Å²) in [5.41, 5.74) is 1.31. The normalized spacial score (nSPS) is 21.7. The van der Waals surface area contributed by atoms with E-state index in [9.17, 15) is 9.59 Å². The minimum Gasteiger partial charge on any atom is -0.381 e. The van der Waals surface area contributed by atoms with Crippen LogP contribution in [0, 0.1) is 11.3 Å². The van der Waals surface area contributed by atoms with E-state index < -0.39 is 0 Å². The van der Waals surface area contributed by atoms with Gasteiger partial charge in [0.2, 0.25) is 5.91 Å². The molecule has 2 amide bonds. The van der Waals surface area contributed by atoms with Gasteiger partial charge in [0.05, 0.1) is 11.5 Å². The molecular formula is C20H22N2O3S. The van der Waals surface area contributed by atoms with Crippen molar-refractivity contribution in [1.29, 1.82) is 0 Å². The molecule has 1 N–H and O–H groups in total. The molecular weight excluding hydrogens is 348 g/mol. The molecule has 4 rings (SSSR count). The Hall–Kier alpha value is -2.18. The molecule has 0 saturated carbocycles. The van der Waals surface area contributed by atoms with E-state index >= 15 is 0 Å². The van der Waals surface area contributed by atoms with Crippen LogP contribution >= 0.6 is 11.3 Å². The van der Waals surface area contributed by atoms with Gasteiger partial charge in [0.1, 0.15) is 0 Å². The fourth-order valence-electron chi connectivity index (χ4n) is 4.09. The maximum Gasteiger partial charge on any atom is 0.254 e. The summed E-state index contributed by atoms with van der Waals surface area (Å²) < 4.78 is 5.54. The van der Waals surface area contributed by atoms with Crippen molar-refractivity contribution < 1.29 is 14.3 Å². The van der Waals surface area contributed by atoms with E-state index in [1.54, 1.807) is 0 Å². The highest BCUT2D eigenvalue weighted by molar-refractivity contribution is 7.08. The quantitative estimate of drug-likeness (QED) is 0.902. The molecule has 1 aromatic heterocycles. The summed E-state index contributed by atoms with van der Waals surface area (Å²) in [7, 11) is 0. The second-order valence-electron chi connectivity index (χ2n) is 7.08. The van der Waals surface area contributed by atoms with Crippen LogP contribution in [-0.2, 0) is 9.53 Å². The predicted octanol–water partition coefficient (Wildman–Crippen LogP) is 3.26. The molecule has 2 fully saturated rings. The Kier molecular flexibility index (Phi) is 4.78. The van der Waals surface area contributed by atoms with E-state index in [1.807, 2.05) is 52.1 Å². The van der Waals surface area contributed by atoms with Gasteiger partial charge < -0.3 is 15.0 Å². The Morgan fingerprint density at radius 1 is 1.15 bits per heavy atom. The Labute approximate surface area is 157 Å². The number of para-hydroxylation sites is 1. The number of nitrogens with zero attached hydrogens (tertiary/aromatic N) is 1. The first-order valence-electron chi connectivity index (χ1n) is 8.93. The fraction of sp³-hybridized carbons (Fsp3) is 0.400. The van der Waals surface area contributed by atoms with E-state index in [0.717, 1.165) is 18.5 Å². The number of nitrogens with one attached hydrogen (secondary N) is 1. The molecule has 136 valence electrons. The molecule has 1 spiro atoms. The van der Waals surface area contributed by atoms with Crippen LogP contribution < -0.4 is 5.32 Å². The molecule has 1 atom stereocenters. The van der Waals surface area contributed by atoms with Gasteiger partial charge in [-0.25, -0.2) is 0 Å². The number of likely N-dealkylation sites (tertiary alicyclic amines) is 1. The summed E-state index contributed by atoms with van der Waals surface area (Å²) in [6.45, 7) is 2.39. The Morgan fingerprint density at radius 2 is 1.92 bits per heavy atom. The number of rotatable bonds is 3. The number of carbonyl (C=O) groups excluding carboxylic acids is 2. The highest BCUT2D eigenvalue weighted by atomic mass is 32.1. The lowest BCUT2D eigenvalue weighted by Gasteiger charge is -2.37. The van der Waals surface area contributed by atoms with Gasteiger partial charge in [-0.15, -0.1) is 0 Å². The number of thiophene rings is 1. The number of hydrogen-bond acceptors (Lipinski definition) is 4. The molecule has 2 saturated heterocycles. The van der Waals surface area contributed by atoms with Gasteiger partial charge in [-0.1, -0.05) is 18.2 Å². The first-order chi connectivity index (χ1) is 12.7. The van der Waals surface area contributed by atoms with Crippen molar-refractivity contribution in [1.82, 2.24) is 4.90 Å². The molecule has 0 aliphatic carbocycles. The lowest BCUT2D eigenvalue weighted by Crippen LogP contribution is -2.42. The van der Waals surface area contributed by atoms with E-state index in [4.69, 9.17) is 4.74 Å². The van der Waals surface area contributed by atoms with E-state index in [1.165, 1.54) is 11.3 Å². The number of anilines is 1. The average Bonchev–Trinajstić information content (AvgIpc) is 3.31. The summed E-state index contributed by atoms with van der Waals surface area (Å²) in [6, 6.07) is 11.4. The van der Waals surface area contributed by atoms with Gasteiger partial charge in [0.15, 0.2) is 0 Å². The number of ether oxygens (including phenoxy) is 1.